The molecule has 2 heterocycles. The van der Waals surface area contributed by atoms with Gasteiger partial charge in [-0.3, -0.25) is 0 Å². The van der Waals surface area contributed by atoms with Crippen LogP contribution in [0.15, 0.2) is 18.5 Å². The van der Waals surface area contributed by atoms with Crippen LogP contribution in [-0.2, 0) is 0 Å². The van der Waals surface area contributed by atoms with Crippen LogP contribution in [0.25, 0.3) is 17.0 Å². The number of rotatable bonds is 2. The highest BCUT2D eigenvalue weighted by Crippen LogP contribution is 2.35. The molecule has 9 heteroatoms. The molecule has 20 heavy (non-hydrogen) atoms. The first-order valence-corrected chi connectivity index (χ1v) is 6.42. The number of carboxylic acid groups (broad SMARTS) is 1. The Labute approximate surface area is 126 Å². The van der Waals surface area contributed by atoms with Gasteiger partial charge in [0.15, 0.2) is 0 Å². The minimum Gasteiger partial charge on any atom is -0.478 e. The van der Waals surface area contributed by atoms with Gasteiger partial charge in [0, 0.05) is 6.20 Å². The van der Waals surface area contributed by atoms with E-state index in [9.17, 15) is 4.79 Å². The van der Waals surface area contributed by atoms with Crippen LogP contribution < -0.4 is 0 Å². The molecule has 0 spiro atoms. The van der Waals surface area contributed by atoms with Crippen LogP contribution in [0, 0.1) is 0 Å². The number of aromatic nitrogens is 4. The van der Waals surface area contributed by atoms with E-state index < -0.39 is 5.97 Å². The fraction of sp³-hybridized carbons (Fsp3) is 0. The summed E-state index contributed by atoms with van der Waals surface area (Å²) in [7, 11) is 0. The van der Waals surface area contributed by atoms with Crippen molar-refractivity contribution in [2.45, 2.75) is 0 Å². The third-order valence-corrected chi connectivity index (χ3v) is 3.90. The van der Waals surface area contributed by atoms with E-state index in [1.54, 1.807) is 6.07 Å². The predicted molar refractivity (Wildman–Crippen MR) is 75.2 cm³/mol. The molecular formula is C11H5Cl3N4O2. The number of H-pyrrole nitrogens is 1. The fourth-order valence-corrected chi connectivity index (χ4v) is 2.34. The normalized spacial score (nSPS) is 11.2. The van der Waals surface area contributed by atoms with E-state index in [0.29, 0.717) is 22.0 Å². The molecule has 3 rings (SSSR count). The van der Waals surface area contributed by atoms with Crippen molar-refractivity contribution in [1.82, 2.24) is 19.7 Å². The summed E-state index contributed by atoms with van der Waals surface area (Å²) in [5, 5.41) is 13.5. The smallest absolute Gasteiger partial charge is 0.338 e. The molecule has 1 aromatic carbocycles. The number of nitrogens with one attached hydrogen (secondary N) is 1. The molecule has 2 N–H and O–H groups in total. The number of halogens is 3. The maximum absolute atomic E-state index is 10.8. The van der Waals surface area contributed by atoms with Crippen molar-refractivity contribution < 1.29 is 9.90 Å². The van der Waals surface area contributed by atoms with Crippen molar-refractivity contribution in [2.24, 2.45) is 0 Å². The lowest BCUT2D eigenvalue weighted by Gasteiger charge is -1.98. The molecule has 0 aliphatic carbocycles. The topological polar surface area (TPSA) is 83.8 Å². The van der Waals surface area contributed by atoms with E-state index in [4.69, 9.17) is 39.9 Å². The van der Waals surface area contributed by atoms with Gasteiger partial charge in [-0.2, -0.15) is 5.10 Å². The number of aromatic amines is 1. The first-order chi connectivity index (χ1) is 9.47. The van der Waals surface area contributed by atoms with Crippen molar-refractivity contribution in [3.05, 3.63) is 39.1 Å². The molecule has 0 aliphatic rings. The van der Waals surface area contributed by atoms with Crippen molar-refractivity contribution >= 4 is 51.8 Å². The van der Waals surface area contributed by atoms with Crippen molar-refractivity contribution in [3.63, 3.8) is 0 Å². The monoisotopic (exact) mass is 330 g/mol. The lowest BCUT2D eigenvalue weighted by atomic mass is 10.3. The van der Waals surface area contributed by atoms with Crippen molar-refractivity contribution in [3.8, 4) is 5.95 Å². The molecule has 0 aliphatic heterocycles. The van der Waals surface area contributed by atoms with Gasteiger partial charge < -0.3 is 10.1 Å². The van der Waals surface area contributed by atoms with E-state index in [1.807, 2.05) is 0 Å². The van der Waals surface area contributed by atoms with Gasteiger partial charge in [0.25, 0.3) is 0 Å². The number of hydrogen-bond acceptors (Lipinski definition) is 3. The highest BCUT2D eigenvalue weighted by Gasteiger charge is 2.15. The maximum atomic E-state index is 10.8. The van der Waals surface area contributed by atoms with Crippen LogP contribution in [0.4, 0.5) is 0 Å². The van der Waals surface area contributed by atoms with E-state index in [2.05, 4.69) is 15.1 Å². The third kappa shape index (κ3) is 2.02. The molecule has 0 radical (unpaired) electrons. The molecule has 0 saturated heterocycles. The molecule has 102 valence electrons. The van der Waals surface area contributed by atoms with Gasteiger partial charge >= 0.3 is 5.97 Å². The van der Waals surface area contributed by atoms with Crippen LogP contribution >= 0.6 is 34.8 Å². The fourth-order valence-electron chi connectivity index (χ4n) is 1.70. The van der Waals surface area contributed by atoms with Crippen LogP contribution in [0.2, 0.25) is 15.1 Å². The van der Waals surface area contributed by atoms with E-state index in [1.165, 1.54) is 17.1 Å². The number of carboxylic acids is 1. The molecule has 3 aromatic rings. The summed E-state index contributed by atoms with van der Waals surface area (Å²) >= 11 is 17.9. The quantitative estimate of drug-likeness (QED) is 0.705. The van der Waals surface area contributed by atoms with Gasteiger partial charge in [-0.1, -0.05) is 34.8 Å². The summed E-state index contributed by atoms with van der Waals surface area (Å²) in [6, 6.07) is 1.59. The second-order valence-corrected chi connectivity index (χ2v) is 5.08. The third-order valence-electron chi connectivity index (χ3n) is 2.65. The summed E-state index contributed by atoms with van der Waals surface area (Å²) in [6.45, 7) is 0. The second-order valence-electron chi connectivity index (χ2n) is 3.92. The number of carbonyl (C=O) groups is 1. The number of fused-ring (bicyclic) bond motifs is 1. The Hall–Kier alpha value is -1.76. The van der Waals surface area contributed by atoms with Gasteiger partial charge in [0.2, 0.25) is 5.95 Å². The van der Waals surface area contributed by atoms with Gasteiger partial charge in [-0.25, -0.2) is 14.5 Å². The lowest BCUT2D eigenvalue weighted by molar-refractivity contribution is 0.0697. The molecule has 0 amide bonds. The number of imidazole rings is 1. The van der Waals surface area contributed by atoms with E-state index >= 15 is 0 Å². The van der Waals surface area contributed by atoms with Crippen LogP contribution in [0.3, 0.4) is 0 Å². The average molecular weight is 332 g/mol. The minimum atomic E-state index is -1.07. The van der Waals surface area contributed by atoms with Gasteiger partial charge in [0.05, 0.1) is 32.3 Å². The SMILES string of the molecule is O=C(O)c1cnn(-c2nc3c(Cl)c(Cl)c(Cl)cc3[nH]2)c1. The Morgan fingerprint density at radius 3 is 2.70 bits per heavy atom. The standard InChI is InChI=1S/C11H5Cl3N4O2/c12-5-1-6-9(8(14)7(5)13)17-11(16-6)18-3-4(2-15-18)10(19)20/h1-3H,(H,16,17)(H,19,20). The largest absolute Gasteiger partial charge is 0.478 e. The molecule has 0 bridgehead atoms. The Balaban J connectivity index is 2.17. The van der Waals surface area contributed by atoms with E-state index in [-0.39, 0.29) is 15.6 Å². The van der Waals surface area contributed by atoms with Crippen LogP contribution in [0.5, 0.6) is 0 Å². The van der Waals surface area contributed by atoms with Crippen LogP contribution in [-0.4, -0.2) is 30.8 Å². The Kier molecular flexibility index (Phi) is 3.08. The number of hydrogen-bond donors (Lipinski definition) is 2. The highest BCUT2D eigenvalue weighted by molar-refractivity contribution is 6.50. The van der Waals surface area contributed by atoms with Gasteiger partial charge in [-0.05, 0) is 6.07 Å². The Bertz CT molecular complexity index is 840. The number of aromatic carboxylic acids is 1. The summed E-state index contributed by atoms with van der Waals surface area (Å²) in [6.07, 6.45) is 2.55. The van der Waals surface area contributed by atoms with E-state index in [0.717, 1.165) is 0 Å². The Morgan fingerprint density at radius 1 is 1.30 bits per heavy atom. The molecule has 6 nitrogen and oxygen atoms in total. The summed E-state index contributed by atoms with van der Waals surface area (Å²) < 4.78 is 1.29. The first-order valence-electron chi connectivity index (χ1n) is 5.29. The first kappa shape index (κ1) is 13.2. The van der Waals surface area contributed by atoms with Crippen LogP contribution in [0.1, 0.15) is 10.4 Å². The second kappa shape index (κ2) is 4.66. The summed E-state index contributed by atoms with van der Waals surface area (Å²) in [4.78, 5) is 18.0. The summed E-state index contributed by atoms with van der Waals surface area (Å²) in [5.41, 5.74) is 1.06. The molecule has 0 atom stereocenters. The highest BCUT2D eigenvalue weighted by atomic mass is 35.5. The molecule has 0 saturated carbocycles. The number of nitrogens with zero attached hydrogens (tertiary/aromatic N) is 3. The van der Waals surface area contributed by atoms with Gasteiger partial charge in [-0.15, -0.1) is 0 Å². The molecular weight excluding hydrogens is 327 g/mol. The predicted octanol–water partition coefficient (Wildman–Crippen LogP) is 3.41. The molecule has 2 aromatic heterocycles. The van der Waals surface area contributed by atoms with Gasteiger partial charge in [0.1, 0.15) is 5.52 Å². The maximum Gasteiger partial charge on any atom is 0.338 e. The zero-order valence-corrected chi connectivity index (χ0v) is 11.8. The lowest BCUT2D eigenvalue weighted by Crippen LogP contribution is -1.97. The average Bonchev–Trinajstić information content (AvgIpc) is 3.01. The Morgan fingerprint density at radius 2 is 2.05 bits per heavy atom. The zero-order valence-electron chi connectivity index (χ0n) is 9.56. The number of benzene rings is 1. The van der Waals surface area contributed by atoms with Crippen molar-refractivity contribution in [1.29, 1.82) is 0 Å². The minimum absolute atomic E-state index is 0.0487. The van der Waals surface area contributed by atoms with Crippen molar-refractivity contribution in [2.75, 3.05) is 0 Å². The summed E-state index contributed by atoms with van der Waals surface area (Å²) in [5.74, 6) is -0.760. The zero-order chi connectivity index (χ0) is 14.4. The molecule has 0 fully saturated rings. The molecule has 0 unspecified atom stereocenters.